The molecule has 2 aromatic carbocycles. The Labute approximate surface area is 184 Å². The van der Waals surface area contributed by atoms with Crippen molar-refractivity contribution in [2.45, 2.75) is 12.8 Å². The largest absolute Gasteiger partial charge is 0.573 e. The molecule has 0 saturated carbocycles. The topological polar surface area (TPSA) is 96.9 Å². The maximum Gasteiger partial charge on any atom is 0.573 e. The number of ether oxygens (including phenoxy) is 2. The van der Waals surface area contributed by atoms with Gasteiger partial charge in [-0.1, -0.05) is 24.3 Å². The summed E-state index contributed by atoms with van der Waals surface area (Å²) in [5.74, 6) is -2.29. The summed E-state index contributed by atoms with van der Waals surface area (Å²) in [5.41, 5.74) is -0.212. The molecule has 0 fully saturated rings. The van der Waals surface area contributed by atoms with Crippen LogP contribution >= 0.6 is 0 Å². The first-order chi connectivity index (χ1) is 15.6. The first kappa shape index (κ1) is 25.6. The lowest BCUT2D eigenvalue weighted by atomic mass is 10.1. The SMILES string of the molecule is O=C(NCCO)C(=Cc1ccc(OC(F)(F)F)cc1)NC(=O)c1ccccc1OCC(F)F. The average molecular weight is 474 g/mol. The summed E-state index contributed by atoms with van der Waals surface area (Å²) < 4.78 is 70.6. The molecule has 2 amide bonds. The normalized spacial score (nSPS) is 11.8. The van der Waals surface area contributed by atoms with Crippen molar-refractivity contribution in [3.63, 3.8) is 0 Å². The molecule has 12 heteroatoms. The van der Waals surface area contributed by atoms with Crippen molar-refractivity contribution >= 4 is 17.9 Å². The molecule has 0 heterocycles. The second-order valence-corrected chi connectivity index (χ2v) is 6.31. The minimum absolute atomic E-state index is 0.132. The van der Waals surface area contributed by atoms with Crippen LogP contribution < -0.4 is 20.1 Å². The lowest BCUT2D eigenvalue weighted by Crippen LogP contribution is -2.36. The van der Waals surface area contributed by atoms with Gasteiger partial charge in [0, 0.05) is 6.54 Å². The van der Waals surface area contributed by atoms with Crippen molar-refractivity contribution in [2.75, 3.05) is 19.8 Å². The van der Waals surface area contributed by atoms with Gasteiger partial charge in [0.2, 0.25) is 0 Å². The zero-order chi connectivity index (χ0) is 24.4. The van der Waals surface area contributed by atoms with Crippen LogP contribution in [-0.4, -0.2) is 49.5 Å². The number of nitrogens with one attached hydrogen (secondary N) is 2. The number of hydrogen-bond donors (Lipinski definition) is 3. The van der Waals surface area contributed by atoms with Crippen LogP contribution in [0.15, 0.2) is 54.2 Å². The van der Waals surface area contributed by atoms with Gasteiger partial charge in [0.25, 0.3) is 18.2 Å². The van der Waals surface area contributed by atoms with Gasteiger partial charge in [-0.05, 0) is 35.9 Å². The summed E-state index contributed by atoms with van der Waals surface area (Å²) in [7, 11) is 0. The van der Waals surface area contributed by atoms with Crippen molar-refractivity contribution in [1.29, 1.82) is 0 Å². The highest BCUT2D eigenvalue weighted by Gasteiger charge is 2.31. The van der Waals surface area contributed by atoms with Crippen LogP contribution in [0, 0.1) is 0 Å². The lowest BCUT2D eigenvalue weighted by molar-refractivity contribution is -0.274. The van der Waals surface area contributed by atoms with Gasteiger partial charge >= 0.3 is 6.36 Å². The Morgan fingerprint density at radius 2 is 1.73 bits per heavy atom. The van der Waals surface area contributed by atoms with Crippen LogP contribution in [0.2, 0.25) is 0 Å². The summed E-state index contributed by atoms with van der Waals surface area (Å²) in [6.07, 6.45) is -6.48. The minimum atomic E-state index is -4.87. The summed E-state index contributed by atoms with van der Waals surface area (Å²) in [6, 6.07) is 9.97. The molecule has 0 aliphatic rings. The van der Waals surface area contributed by atoms with E-state index < -0.39 is 37.0 Å². The van der Waals surface area contributed by atoms with Gasteiger partial charge in [-0.15, -0.1) is 13.2 Å². The van der Waals surface area contributed by atoms with Crippen molar-refractivity contribution in [2.24, 2.45) is 0 Å². The van der Waals surface area contributed by atoms with E-state index in [2.05, 4.69) is 15.4 Å². The van der Waals surface area contributed by atoms with E-state index in [1.54, 1.807) is 0 Å². The molecule has 0 bridgehead atoms. The molecule has 0 unspecified atom stereocenters. The number of benzene rings is 2. The zero-order valence-corrected chi connectivity index (χ0v) is 16.9. The van der Waals surface area contributed by atoms with Crippen LogP contribution in [-0.2, 0) is 4.79 Å². The molecule has 7 nitrogen and oxygen atoms in total. The highest BCUT2D eigenvalue weighted by atomic mass is 19.4. The van der Waals surface area contributed by atoms with E-state index in [1.165, 1.54) is 42.5 Å². The summed E-state index contributed by atoms with van der Waals surface area (Å²) in [4.78, 5) is 25.1. The van der Waals surface area contributed by atoms with E-state index >= 15 is 0 Å². The third kappa shape index (κ3) is 8.77. The second-order valence-electron chi connectivity index (χ2n) is 6.31. The van der Waals surface area contributed by atoms with Crippen molar-refractivity contribution in [3.05, 3.63) is 65.4 Å². The molecular formula is C21H19F5N2O5. The third-order valence-corrected chi connectivity index (χ3v) is 3.81. The highest BCUT2D eigenvalue weighted by molar-refractivity contribution is 6.06. The molecule has 0 aliphatic carbocycles. The molecule has 0 radical (unpaired) electrons. The fraction of sp³-hybridized carbons (Fsp3) is 0.238. The molecule has 2 rings (SSSR count). The first-order valence-electron chi connectivity index (χ1n) is 9.37. The van der Waals surface area contributed by atoms with Crippen LogP contribution in [0.1, 0.15) is 15.9 Å². The molecule has 0 atom stereocenters. The van der Waals surface area contributed by atoms with Gasteiger partial charge in [0.1, 0.15) is 23.8 Å². The van der Waals surface area contributed by atoms with E-state index in [0.717, 1.165) is 12.1 Å². The molecule has 0 spiro atoms. The smallest absolute Gasteiger partial charge is 0.487 e. The predicted octanol–water partition coefficient (Wildman–Crippen LogP) is 3.11. The maximum atomic E-state index is 12.7. The number of rotatable bonds is 10. The van der Waals surface area contributed by atoms with Crippen LogP contribution in [0.25, 0.3) is 6.08 Å². The van der Waals surface area contributed by atoms with Gasteiger partial charge < -0.3 is 25.2 Å². The molecule has 2 aromatic rings. The van der Waals surface area contributed by atoms with Crippen molar-refractivity contribution < 1.29 is 46.1 Å². The Morgan fingerprint density at radius 1 is 1.06 bits per heavy atom. The van der Waals surface area contributed by atoms with Gasteiger partial charge in [0.15, 0.2) is 0 Å². The van der Waals surface area contributed by atoms with Crippen LogP contribution in [0.4, 0.5) is 22.0 Å². The van der Waals surface area contributed by atoms with Gasteiger partial charge in [0.05, 0.1) is 12.2 Å². The van der Waals surface area contributed by atoms with Gasteiger partial charge in [-0.3, -0.25) is 9.59 Å². The summed E-state index contributed by atoms with van der Waals surface area (Å²) in [5, 5.41) is 13.6. The number of aliphatic hydroxyl groups excluding tert-OH is 1. The Hall–Kier alpha value is -3.67. The quantitative estimate of drug-likeness (QED) is 0.363. The first-order valence-corrected chi connectivity index (χ1v) is 9.37. The van der Waals surface area contributed by atoms with Crippen LogP contribution in [0.5, 0.6) is 11.5 Å². The Morgan fingerprint density at radius 3 is 2.33 bits per heavy atom. The molecule has 0 aromatic heterocycles. The van der Waals surface area contributed by atoms with Gasteiger partial charge in [-0.25, -0.2) is 8.78 Å². The number of carbonyl (C=O) groups excluding carboxylic acids is 2. The van der Waals surface area contributed by atoms with Crippen molar-refractivity contribution in [3.8, 4) is 11.5 Å². The molecule has 33 heavy (non-hydrogen) atoms. The Bertz CT molecular complexity index is 978. The van der Waals surface area contributed by atoms with Crippen molar-refractivity contribution in [1.82, 2.24) is 10.6 Å². The number of hydrogen-bond acceptors (Lipinski definition) is 5. The summed E-state index contributed by atoms with van der Waals surface area (Å²) >= 11 is 0. The number of amides is 2. The minimum Gasteiger partial charge on any atom is -0.487 e. The van der Waals surface area contributed by atoms with E-state index in [1.807, 2.05) is 0 Å². The highest BCUT2D eigenvalue weighted by Crippen LogP contribution is 2.23. The molecular weight excluding hydrogens is 455 g/mol. The molecule has 178 valence electrons. The number of para-hydroxylation sites is 1. The Balaban J connectivity index is 2.28. The average Bonchev–Trinajstić information content (AvgIpc) is 2.76. The summed E-state index contributed by atoms with van der Waals surface area (Å²) in [6.45, 7) is -1.48. The van der Waals surface area contributed by atoms with Gasteiger partial charge in [-0.2, -0.15) is 0 Å². The van der Waals surface area contributed by atoms with E-state index in [4.69, 9.17) is 9.84 Å². The number of carbonyl (C=O) groups is 2. The standard InChI is InChI=1S/C21H19F5N2O5/c22-18(23)12-32-17-4-2-1-3-15(17)19(30)28-16(20(31)27-9-10-29)11-13-5-7-14(8-6-13)33-21(24,25)26/h1-8,11,18,29H,9-10,12H2,(H,27,31)(H,28,30). The molecule has 0 saturated heterocycles. The van der Waals surface area contributed by atoms with Crippen LogP contribution in [0.3, 0.4) is 0 Å². The maximum absolute atomic E-state index is 12.7. The second kappa shape index (κ2) is 11.8. The fourth-order valence-corrected chi connectivity index (χ4v) is 2.48. The zero-order valence-electron chi connectivity index (χ0n) is 16.9. The lowest BCUT2D eigenvalue weighted by Gasteiger charge is -2.14. The number of alkyl halides is 5. The monoisotopic (exact) mass is 474 g/mol. The third-order valence-electron chi connectivity index (χ3n) is 3.81. The van der Waals surface area contributed by atoms with E-state index in [9.17, 15) is 31.5 Å². The van der Waals surface area contributed by atoms with E-state index in [0.29, 0.717) is 0 Å². The fourth-order valence-electron chi connectivity index (χ4n) is 2.48. The number of halogens is 5. The van der Waals surface area contributed by atoms with E-state index in [-0.39, 0.29) is 35.7 Å². The Kier molecular flexibility index (Phi) is 9.16. The molecule has 3 N–H and O–H groups in total. The predicted molar refractivity (Wildman–Crippen MR) is 107 cm³/mol. The molecule has 0 aliphatic heterocycles. The number of aliphatic hydroxyl groups is 1.